The van der Waals surface area contributed by atoms with Gasteiger partial charge in [0, 0.05) is 37.4 Å². The van der Waals surface area contributed by atoms with Crippen molar-refractivity contribution in [1.29, 1.82) is 0 Å². The van der Waals surface area contributed by atoms with Crippen LogP contribution in [0.5, 0.6) is 0 Å². The Bertz CT molecular complexity index is 1470. The summed E-state index contributed by atoms with van der Waals surface area (Å²) in [4.78, 5) is 29.3. The lowest BCUT2D eigenvalue weighted by Gasteiger charge is -2.19. The number of carbonyl (C=O) groups is 1. The van der Waals surface area contributed by atoms with E-state index in [0.29, 0.717) is 29.5 Å². The van der Waals surface area contributed by atoms with E-state index < -0.39 is 0 Å². The number of rotatable bonds is 6. The minimum Gasteiger partial charge on any atom is -0.381 e. The van der Waals surface area contributed by atoms with Crippen LogP contribution in [0.2, 0.25) is 0 Å². The Morgan fingerprint density at radius 2 is 2.11 bits per heavy atom. The van der Waals surface area contributed by atoms with Gasteiger partial charge in [0.25, 0.3) is 5.91 Å². The fourth-order valence-corrected chi connectivity index (χ4v) is 5.18. The van der Waals surface area contributed by atoms with Gasteiger partial charge in [-0.25, -0.2) is 9.97 Å². The number of aromatic nitrogens is 4. The summed E-state index contributed by atoms with van der Waals surface area (Å²) >= 11 is 0. The first-order chi connectivity index (χ1) is 17.5. The van der Waals surface area contributed by atoms with E-state index in [2.05, 4.69) is 26.6 Å². The van der Waals surface area contributed by atoms with Gasteiger partial charge in [0.15, 0.2) is 0 Å². The lowest BCUT2D eigenvalue weighted by Crippen LogP contribution is -2.16. The van der Waals surface area contributed by atoms with Gasteiger partial charge in [-0.2, -0.15) is 0 Å². The van der Waals surface area contributed by atoms with Crippen LogP contribution in [0.4, 0.5) is 11.5 Å². The van der Waals surface area contributed by atoms with E-state index in [1.807, 2.05) is 56.0 Å². The third kappa shape index (κ3) is 3.90. The number of ether oxygens (including phenoxy) is 1. The predicted molar refractivity (Wildman–Crippen MR) is 137 cm³/mol. The lowest BCUT2D eigenvalue weighted by atomic mass is 9.96. The van der Waals surface area contributed by atoms with Crippen molar-refractivity contribution in [3.8, 4) is 11.4 Å². The number of pyridine rings is 3. The van der Waals surface area contributed by atoms with E-state index in [9.17, 15) is 4.79 Å². The van der Waals surface area contributed by atoms with Crippen molar-refractivity contribution in [2.75, 3.05) is 32.6 Å². The summed E-state index contributed by atoms with van der Waals surface area (Å²) in [5.74, 6) is 0.942. The number of carbonyl (C=O) groups excluding carboxylic acids is 1. The molecule has 1 saturated heterocycles. The predicted octanol–water partition coefficient (Wildman–Crippen LogP) is 3.65. The molecule has 0 aromatic carbocycles. The molecule has 0 saturated carbocycles. The number of hydrogen-bond acceptors (Lipinski definition) is 7. The van der Waals surface area contributed by atoms with Crippen molar-refractivity contribution < 1.29 is 9.53 Å². The lowest BCUT2D eigenvalue weighted by molar-refractivity contribution is 0.0966. The molecule has 1 amide bonds. The number of anilines is 2. The minimum atomic E-state index is -0.116. The zero-order valence-corrected chi connectivity index (χ0v) is 20.7. The van der Waals surface area contributed by atoms with E-state index >= 15 is 0 Å². The molecule has 6 rings (SSSR count). The molecule has 0 aliphatic carbocycles. The van der Waals surface area contributed by atoms with Crippen LogP contribution in [-0.4, -0.2) is 57.5 Å². The van der Waals surface area contributed by atoms with Crippen LogP contribution in [0.1, 0.15) is 45.1 Å². The van der Waals surface area contributed by atoms with Crippen LogP contribution < -0.4 is 10.6 Å². The maximum Gasteiger partial charge on any atom is 0.254 e. The summed E-state index contributed by atoms with van der Waals surface area (Å²) in [6.07, 6.45) is 6.53. The second-order valence-electron chi connectivity index (χ2n) is 9.74. The Morgan fingerprint density at radius 1 is 1.22 bits per heavy atom. The average Bonchev–Trinajstić information content (AvgIpc) is 3.60. The number of amides is 1. The second kappa shape index (κ2) is 9.00. The fourth-order valence-electron chi connectivity index (χ4n) is 5.18. The fraction of sp³-hybridized carbons (Fsp3) is 0.333. The van der Waals surface area contributed by atoms with Gasteiger partial charge in [0.2, 0.25) is 0 Å². The molecule has 2 aliphatic heterocycles. The van der Waals surface area contributed by atoms with Gasteiger partial charge in [0.05, 0.1) is 47.3 Å². The zero-order valence-electron chi connectivity index (χ0n) is 20.7. The molecule has 4 aromatic rings. The monoisotopic (exact) mass is 483 g/mol. The number of fused-ring (bicyclic) bond motifs is 2. The van der Waals surface area contributed by atoms with Crippen LogP contribution in [0.3, 0.4) is 0 Å². The molecule has 1 unspecified atom stereocenters. The summed E-state index contributed by atoms with van der Waals surface area (Å²) < 4.78 is 7.64. The second-order valence-corrected chi connectivity index (χ2v) is 9.74. The van der Waals surface area contributed by atoms with Crippen molar-refractivity contribution >= 4 is 23.1 Å². The minimum absolute atomic E-state index is 0.116. The molecule has 1 fully saturated rings. The van der Waals surface area contributed by atoms with Gasteiger partial charge in [-0.1, -0.05) is 12.1 Å². The first-order valence-electron chi connectivity index (χ1n) is 12.2. The van der Waals surface area contributed by atoms with E-state index in [-0.39, 0.29) is 5.91 Å². The molecule has 4 aromatic heterocycles. The van der Waals surface area contributed by atoms with Gasteiger partial charge in [-0.3, -0.25) is 14.2 Å². The quantitative estimate of drug-likeness (QED) is 0.432. The van der Waals surface area contributed by atoms with E-state index in [1.54, 1.807) is 6.20 Å². The van der Waals surface area contributed by atoms with Crippen molar-refractivity contribution in [3.63, 3.8) is 0 Å². The molecule has 9 heteroatoms. The normalized spacial score (nSPS) is 17.1. The Kier molecular flexibility index (Phi) is 5.66. The first kappa shape index (κ1) is 22.6. The van der Waals surface area contributed by atoms with E-state index in [4.69, 9.17) is 14.7 Å². The van der Waals surface area contributed by atoms with Crippen LogP contribution >= 0.6 is 0 Å². The Labute approximate surface area is 209 Å². The molecule has 0 bridgehead atoms. The van der Waals surface area contributed by atoms with Crippen molar-refractivity contribution in [2.24, 2.45) is 0 Å². The maximum atomic E-state index is 12.9. The van der Waals surface area contributed by atoms with Crippen LogP contribution in [0.25, 0.3) is 17.0 Å². The summed E-state index contributed by atoms with van der Waals surface area (Å²) in [6, 6.07) is 8.14. The number of aryl methyl sites for hydroxylation is 1. The van der Waals surface area contributed by atoms with E-state index in [1.165, 1.54) is 5.56 Å². The van der Waals surface area contributed by atoms with Gasteiger partial charge in [-0.05, 0) is 50.7 Å². The van der Waals surface area contributed by atoms with Crippen molar-refractivity contribution in [3.05, 3.63) is 70.8 Å². The molecule has 6 heterocycles. The topological polar surface area (TPSA) is 96.7 Å². The van der Waals surface area contributed by atoms with Crippen molar-refractivity contribution in [1.82, 2.24) is 29.6 Å². The number of nitrogens with one attached hydrogen (secondary N) is 2. The molecule has 9 nitrogen and oxygen atoms in total. The summed E-state index contributed by atoms with van der Waals surface area (Å²) in [5.41, 5.74) is 7.95. The summed E-state index contributed by atoms with van der Waals surface area (Å²) in [5, 5.41) is 6.35. The molecule has 36 heavy (non-hydrogen) atoms. The average molecular weight is 484 g/mol. The van der Waals surface area contributed by atoms with Crippen LogP contribution in [-0.2, 0) is 17.8 Å². The van der Waals surface area contributed by atoms with Crippen molar-refractivity contribution in [2.45, 2.75) is 32.4 Å². The molecular formula is C27H29N7O2. The van der Waals surface area contributed by atoms with Crippen LogP contribution in [0, 0.1) is 6.92 Å². The molecule has 184 valence electrons. The Morgan fingerprint density at radius 3 is 2.92 bits per heavy atom. The molecule has 0 spiro atoms. The Hall–Kier alpha value is -3.82. The highest BCUT2D eigenvalue weighted by Crippen LogP contribution is 2.34. The first-order valence-corrected chi connectivity index (χ1v) is 12.2. The maximum absolute atomic E-state index is 12.9. The largest absolute Gasteiger partial charge is 0.381 e. The number of nitrogens with zero attached hydrogens (tertiary/aromatic N) is 5. The summed E-state index contributed by atoms with van der Waals surface area (Å²) in [6.45, 7) is 4.70. The highest BCUT2D eigenvalue weighted by molar-refractivity contribution is 6.05. The molecule has 2 aliphatic rings. The van der Waals surface area contributed by atoms with Gasteiger partial charge in [-0.15, -0.1) is 0 Å². The summed E-state index contributed by atoms with van der Waals surface area (Å²) in [7, 11) is 4.08. The zero-order chi connectivity index (χ0) is 24.8. The standard InChI is InChI=1S/C27H29N7O2/c1-16-5-4-9-34-22(13-29-26(16)34)25-19-11-30-27(35)24(19)20(12-28-25)31-23-7-6-18(17-8-10-36-15-17)21(32-23)14-33(2)3/h4-7,9,12-13,17H,8,10-11,14-15H2,1-3H3,(H,30,35)(H,31,32). The van der Waals surface area contributed by atoms with E-state index in [0.717, 1.165) is 60.0 Å². The molecule has 2 N–H and O–H groups in total. The van der Waals surface area contributed by atoms with Gasteiger partial charge in [0.1, 0.15) is 11.5 Å². The van der Waals surface area contributed by atoms with Gasteiger partial charge < -0.3 is 20.3 Å². The third-order valence-corrected chi connectivity index (χ3v) is 6.91. The molecule has 1 atom stereocenters. The number of imidazole rings is 1. The highest BCUT2D eigenvalue weighted by atomic mass is 16.5. The highest BCUT2D eigenvalue weighted by Gasteiger charge is 2.29. The number of hydrogen-bond donors (Lipinski definition) is 2. The van der Waals surface area contributed by atoms with Gasteiger partial charge >= 0.3 is 0 Å². The molecule has 0 radical (unpaired) electrons. The Balaban J connectivity index is 1.38. The smallest absolute Gasteiger partial charge is 0.254 e. The third-order valence-electron chi connectivity index (χ3n) is 6.91. The molecular weight excluding hydrogens is 454 g/mol. The van der Waals surface area contributed by atoms with Crippen LogP contribution in [0.15, 0.2) is 42.9 Å². The SMILES string of the molecule is Cc1cccn2c(-c3ncc(Nc4ccc(C5CCOC5)c(CN(C)C)n4)c4c3CNC4=O)cnc12.